The lowest BCUT2D eigenvalue weighted by Crippen LogP contribution is -2.01. The highest BCUT2D eigenvalue weighted by Crippen LogP contribution is 2.27. The van der Waals surface area contributed by atoms with Gasteiger partial charge in [0, 0.05) is 9.13 Å². The van der Waals surface area contributed by atoms with Crippen LogP contribution in [0.1, 0.15) is 10.4 Å². The molecule has 13 heavy (non-hydrogen) atoms. The number of rotatable bonds is 2. The van der Waals surface area contributed by atoms with Crippen LogP contribution in [0, 0.1) is 3.57 Å². The van der Waals surface area contributed by atoms with E-state index in [2.05, 4.69) is 38.5 Å². The number of carbonyl (C=O) groups excluding carboxylic acids is 1. The molecule has 0 aliphatic rings. The number of halogens is 4. The van der Waals surface area contributed by atoms with Crippen molar-refractivity contribution in [1.82, 2.24) is 0 Å². The second kappa shape index (κ2) is 4.96. The van der Waals surface area contributed by atoms with E-state index in [-0.39, 0.29) is 11.1 Å². The summed E-state index contributed by atoms with van der Waals surface area (Å²) in [6, 6.07) is 3.27. The molecule has 0 heterocycles. The molecule has 0 saturated carbocycles. The second-order valence-corrected chi connectivity index (χ2v) is 4.84. The average Bonchev–Trinajstić information content (AvgIpc) is 2.10. The molecule has 0 atom stereocenters. The molecular formula is C8H4BrCl2IO. The van der Waals surface area contributed by atoms with Crippen molar-refractivity contribution in [1.29, 1.82) is 0 Å². The number of hydrogen-bond donors (Lipinski definition) is 0. The van der Waals surface area contributed by atoms with Gasteiger partial charge in [0.1, 0.15) is 0 Å². The second-order valence-electron chi connectivity index (χ2n) is 2.30. The van der Waals surface area contributed by atoms with Crippen LogP contribution in [-0.2, 0) is 0 Å². The maximum atomic E-state index is 11.3. The van der Waals surface area contributed by atoms with Gasteiger partial charge in [-0.2, -0.15) is 0 Å². The Kier molecular flexibility index (Phi) is 4.48. The molecule has 1 nitrogen and oxygen atoms in total. The Balaban J connectivity index is 3.23. The zero-order valence-electron chi connectivity index (χ0n) is 6.28. The number of hydrogen-bond acceptors (Lipinski definition) is 1. The maximum Gasteiger partial charge on any atom is 0.174 e. The molecule has 70 valence electrons. The first-order valence-corrected chi connectivity index (χ1v) is 6.25. The number of Topliss-reactive ketones (excluding diaryl/α,β-unsaturated/α-hetero) is 1. The summed E-state index contributed by atoms with van der Waals surface area (Å²) in [4.78, 5) is 11.3. The quantitative estimate of drug-likeness (QED) is 0.319. The monoisotopic (exact) mass is 392 g/mol. The molecule has 0 aliphatic heterocycles. The van der Waals surface area contributed by atoms with Crippen LogP contribution in [0.15, 0.2) is 12.1 Å². The lowest BCUT2D eigenvalue weighted by molar-refractivity contribution is 0.102. The van der Waals surface area contributed by atoms with Crippen LogP contribution >= 0.6 is 61.7 Å². The average molecular weight is 394 g/mol. The van der Waals surface area contributed by atoms with Crippen LogP contribution < -0.4 is 0 Å². The molecule has 0 aromatic heterocycles. The standard InChI is InChI=1S/C8H4BrCl2IO/c9-3-8(13)4-1-7(12)6(11)2-5(4)10/h1-2H,3H2. The first kappa shape index (κ1) is 11.8. The topological polar surface area (TPSA) is 17.1 Å². The van der Waals surface area contributed by atoms with Crippen molar-refractivity contribution >= 4 is 67.5 Å². The van der Waals surface area contributed by atoms with Gasteiger partial charge in [-0.3, -0.25) is 4.79 Å². The third-order valence-corrected chi connectivity index (χ3v) is 3.78. The van der Waals surface area contributed by atoms with Crippen LogP contribution in [0.25, 0.3) is 0 Å². The molecule has 0 amide bonds. The Bertz CT molecular complexity index is 354. The highest BCUT2D eigenvalue weighted by molar-refractivity contribution is 14.1. The molecule has 0 saturated heterocycles. The van der Waals surface area contributed by atoms with Gasteiger partial charge in [-0.15, -0.1) is 0 Å². The number of benzene rings is 1. The fraction of sp³-hybridized carbons (Fsp3) is 0.125. The summed E-state index contributed by atoms with van der Waals surface area (Å²) in [7, 11) is 0. The Morgan fingerprint density at radius 2 is 2.00 bits per heavy atom. The SMILES string of the molecule is O=C(CBr)c1cc(I)c(Cl)cc1Cl. The zero-order chi connectivity index (χ0) is 10.0. The third-order valence-electron chi connectivity index (χ3n) is 1.43. The van der Waals surface area contributed by atoms with E-state index in [1.54, 1.807) is 12.1 Å². The number of alkyl halides is 1. The fourth-order valence-electron chi connectivity index (χ4n) is 0.808. The van der Waals surface area contributed by atoms with Gasteiger partial charge in [-0.25, -0.2) is 0 Å². The van der Waals surface area contributed by atoms with Crippen molar-refractivity contribution in [3.05, 3.63) is 31.3 Å². The molecule has 0 spiro atoms. The molecule has 0 N–H and O–H groups in total. The molecule has 1 aromatic carbocycles. The molecule has 1 rings (SSSR count). The fourth-order valence-corrected chi connectivity index (χ4v) is 2.07. The predicted octanol–water partition coefficient (Wildman–Crippen LogP) is 4.18. The third kappa shape index (κ3) is 2.81. The highest BCUT2D eigenvalue weighted by Gasteiger charge is 2.11. The van der Waals surface area contributed by atoms with Crippen molar-refractivity contribution in [2.75, 3.05) is 5.33 Å². The van der Waals surface area contributed by atoms with Crippen molar-refractivity contribution < 1.29 is 4.79 Å². The minimum Gasteiger partial charge on any atom is -0.293 e. The summed E-state index contributed by atoms with van der Waals surface area (Å²) in [6.07, 6.45) is 0. The van der Waals surface area contributed by atoms with E-state index in [0.717, 1.165) is 3.57 Å². The summed E-state index contributed by atoms with van der Waals surface area (Å²) in [5.74, 6) is -0.0421. The van der Waals surface area contributed by atoms with E-state index in [1.807, 2.05) is 0 Å². The minimum absolute atomic E-state index is 0.0421. The molecule has 0 unspecified atom stereocenters. The van der Waals surface area contributed by atoms with Crippen LogP contribution in [-0.4, -0.2) is 11.1 Å². The summed E-state index contributed by atoms with van der Waals surface area (Å²) in [6.45, 7) is 0. The van der Waals surface area contributed by atoms with Gasteiger partial charge in [0.05, 0.1) is 15.4 Å². The molecule has 5 heteroatoms. The Morgan fingerprint density at radius 1 is 1.38 bits per heavy atom. The molecule has 0 radical (unpaired) electrons. The van der Waals surface area contributed by atoms with Gasteiger partial charge in [-0.1, -0.05) is 39.1 Å². The van der Waals surface area contributed by atoms with Gasteiger partial charge in [0.2, 0.25) is 0 Å². The lowest BCUT2D eigenvalue weighted by atomic mass is 10.1. The van der Waals surface area contributed by atoms with Crippen LogP contribution in [0.2, 0.25) is 10.0 Å². The molecule has 0 bridgehead atoms. The van der Waals surface area contributed by atoms with Gasteiger partial charge in [-0.05, 0) is 34.7 Å². The summed E-state index contributed by atoms with van der Waals surface area (Å²) in [5.41, 5.74) is 0.507. The normalized spacial score (nSPS) is 10.2. The van der Waals surface area contributed by atoms with Crippen LogP contribution in [0.5, 0.6) is 0 Å². The van der Waals surface area contributed by atoms with Crippen LogP contribution in [0.4, 0.5) is 0 Å². The first-order chi connectivity index (χ1) is 6.06. The number of carbonyl (C=O) groups is 1. The molecule has 1 aromatic rings. The maximum absolute atomic E-state index is 11.3. The van der Waals surface area contributed by atoms with Gasteiger partial charge in [0.15, 0.2) is 5.78 Å². The highest BCUT2D eigenvalue weighted by atomic mass is 127. The Hall–Kier alpha value is 0.680. The van der Waals surface area contributed by atoms with Crippen LogP contribution in [0.3, 0.4) is 0 Å². The molecule has 0 fully saturated rings. The largest absolute Gasteiger partial charge is 0.293 e. The summed E-state index contributed by atoms with van der Waals surface area (Å²) in [5, 5.41) is 1.23. The van der Waals surface area contributed by atoms with Crippen molar-refractivity contribution in [3.63, 3.8) is 0 Å². The summed E-state index contributed by atoms with van der Waals surface area (Å²) < 4.78 is 0.827. The first-order valence-electron chi connectivity index (χ1n) is 3.30. The Morgan fingerprint density at radius 3 is 2.54 bits per heavy atom. The van der Waals surface area contributed by atoms with Gasteiger partial charge < -0.3 is 0 Å². The van der Waals surface area contributed by atoms with Gasteiger partial charge in [0.25, 0.3) is 0 Å². The van der Waals surface area contributed by atoms with E-state index in [4.69, 9.17) is 23.2 Å². The number of ketones is 1. The van der Waals surface area contributed by atoms with E-state index in [0.29, 0.717) is 15.6 Å². The molecular weight excluding hydrogens is 390 g/mol. The van der Waals surface area contributed by atoms with E-state index >= 15 is 0 Å². The van der Waals surface area contributed by atoms with Crippen molar-refractivity contribution in [2.45, 2.75) is 0 Å². The van der Waals surface area contributed by atoms with E-state index in [1.165, 1.54) is 0 Å². The van der Waals surface area contributed by atoms with Crippen molar-refractivity contribution in [2.24, 2.45) is 0 Å². The Labute approximate surface area is 108 Å². The summed E-state index contributed by atoms with van der Waals surface area (Å²) >= 11 is 16.8. The van der Waals surface area contributed by atoms with Crippen molar-refractivity contribution in [3.8, 4) is 0 Å². The zero-order valence-corrected chi connectivity index (χ0v) is 11.5. The van der Waals surface area contributed by atoms with E-state index < -0.39 is 0 Å². The molecule has 0 aliphatic carbocycles. The predicted molar refractivity (Wildman–Crippen MR) is 67.3 cm³/mol. The lowest BCUT2D eigenvalue weighted by Gasteiger charge is -2.03. The van der Waals surface area contributed by atoms with E-state index in [9.17, 15) is 4.79 Å². The van der Waals surface area contributed by atoms with Gasteiger partial charge >= 0.3 is 0 Å². The minimum atomic E-state index is -0.0421. The smallest absolute Gasteiger partial charge is 0.174 e.